The largest absolute Gasteiger partial charge is 0.489 e. The Kier molecular flexibility index (Phi) is 4.70. The number of nitrogen functional groups attached to an aromatic ring is 1. The molecule has 2 aromatic rings. The Morgan fingerprint density at radius 3 is 2.55 bits per heavy atom. The zero-order chi connectivity index (χ0) is 14.5. The number of benzene rings is 2. The molecule has 6 heteroatoms. The summed E-state index contributed by atoms with van der Waals surface area (Å²) >= 11 is 3.37. The molecule has 0 unspecified atom stereocenters. The topological polar surface area (TPSA) is 64.3 Å². The van der Waals surface area contributed by atoms with Gasteiger partial charge in [-0.15, -0.1) is 0 Å². The zero-order valence-electron chi connectivity index (χ0n) is 10.4. The maximum absolute atomic E-state index is 12.8. The van der Waals surface area contributed by atoms with Crippen LogP contribution in [0.3, 0.4) is 0 Å². The number of carbonyl (C=O) groups excluding carboxylic acids is 1. The standard InChI is InChI=1S/C14H12BrFN2O2/c15-13-7-9(14(19)18-17)1-2-10(13)8-20-12-5-3-11(16)4-6-12/h1-7H,8,17H2,(H,18,19). The van der Waals surface area contributed by atoms with Gasteiger partial charge in [0.15, 0.2) is 0 Å². The number of halogens is 2. The minimum atomic E-state index is -0.364. The van der Waals surface area contributed by atoms with Crippen LogP contribution >= 0.6 is 15.9 Å². The maximum Gasteiger partial charge on any atom is 0.265 e. The SMILES string of the molecule is NNC(=O)c1ccc(COc2ccc(F)cc2)c(Br)c1. The Hall–Kier alpha value is -1.92. The summed E-state index contributed by atoms with van der Waals surface area (Å²) in [6.07, 6.45) is 0. The van der Waals surface area contributed by atoms with Gasteiger partial charge in [-0.1, -0.05) is 22.0 Å². The molecule has 1 amide bonds. The van der Waals surface area contributed by atoms with Gasteiger partial charge in [-0.2, -0.15) is 0 Å². The molecule has 0 aliphatic carbocycles. The molecule has 0 aliphatic heterocycles. The molecular formula is C14H12BrFN2O2. The lowest BCUT2D eigenvalue weighted by molar-refractivity contribution is 0.0953. The normalized spacial score (nSPS) is 10.2. The van der Waals surface area contributed by atoms with Crippen LogP contribution < -0.4 is 16.0 Å². The highest BCUT2D eigenvalue weighted by Crippen LogP contribution is 2.21. The third kappa shape index (κ3) is 3.55. The number of nitrogens with one attached hydrogen (secondary N) is 1. The summed E-state index contributed by atoms with van der Waals surface area (Å²) in [7, 11) is 0. The average Bonchev–Trinajstić information content (AvgIpc) is 2.46. The highest BCUT2D eigenvalue weighted by Gasteiger charge is 2.07. The van der Waals surface area contributed by atoms with Crippen molar-refractivity contribution >= 4 is 21.8 Å². The van der Waals surface area contributed by atoms with Crippen molar-refractivity contribution in [2.45, 2.75) is 6.61 Å². The number of hydrogen-bond acceptors (Lipinski definition) is 3. The van der Waals surface area contributed by atoms with Crippen LogP contribution in [-0.4, -0.2) is 5.91 Å². The number of hydrazine groups is 1. The van der Waals surface area contributed by atoms with Crippen LogP contribution in [0.1, 0.15) is 15.9 Å². The average molecular weight is 339 g/mol. The fourth-order valence-electron chi connectivity index (χ4n) is 1.58. The number of carbonyl (C=O) groups is 1. The lowest BCUT2D eigenvalue weighted by Gasteiger charge is -2.09. The first-order valence-electron chi connectivity index (χ1n) is 5.78. The second-order valence-corrected chi connectivity index (χ2v) is 4.88. The van der Waals surface area contributed by atoms with Crippen molar-refractivity contribution in [3.8, 4) is 5.75 Å². The molecule has 0 bridgehead atoms. The molecule has 104 valence electrons. The van der Waals surface area contributed by atoms with Gasteiger partial charge in [-0.3, -0.25) is 10.2 Å². The molecular weight excluding hydrogens is 327 g/mol. The lowest BCUT2D eigenvalue weighted by Crippen LogP contribution is -2.29. The number of hydrogen-bond donors (Lipinski definition) is 2. The van der Waals surface area contributed by atoms with E-state index in [4.69, 9.17) is 10.6 Å². The number of ether oxygens (including phenoxy) is 1. The van der Waals surface area contributed by atoms with E-state index in [0.717, 1.165) is 10.0 Å². The zero-order valence-corrected chi connectivity index (χ0v) is 12.0. The van der Waals surface area contributed by atoms with Crippen LogP contribution in [0.2, 0.25) is 0 Å². The van der Waals surface area contributed by atoms with Crippen molar-refractivity contribution in [2.24, 2.45) is 5.84 Å². The van der Waals surface area contributed by atoms with E-state index < -0.39 is 0 Å². The fraction of sp³-hybridized carbons (Fsp3) is 0.0714. The van der Waals surface area contributed by atoms with Gasteiger partial charge in [0.05, 0.1) is 0 Å². The third-order valence-electron chi connectivity index (χ3n) is 2.65. The minimum absolute atomic E-state index is 0.302. The highest BCUT2D eigenvalue weighted by molar-refractivity contribution is 9.10. The van der Waals surface area contributed by atoms with Crippen LogP contribution in [0.5, 0.6) is 5.75 Å². The second-order valence-electron chi connectivity index (χ2n) is 4.02. The predicted molar refractivity (Wildman–Crippen MR) is 76.5 cm³/mol. The highest BCUT2D eigenvalue weighted by atomic mass is 79.9. The first-order chi connectivity index (χ1) is 9.60. The van der Waals surface area contributed by atoms with Gasteiger partial charge < -0.3 is 4.74 Å². The van der Waals surface area contributed by atoms with E-state index in [1.54, 1.807) is 30.3 Å². The first kappa shape index (κ1) is 14.5. The van der Waals surface area contributed by atoms with Gasteiger partial charge in [0.25, 0.3) is 5.91 Å². The molecule has 0 saturated heterocycles. The molecule has 3 N–H and O–H groups in total. The third-order valence-corrected chi connectivity index (χ3v) is 3.39. The van der Waals surface area contributed by atoms with Gasteiger partial charge in [0, 0.05) is 15.6 Å². The fourth-order valence-corrected chi connectivity index (χ4v) is 2.07. The van der Waals surface area contributed by atoms with Crippen LogP contribution in [-0.2, 0) is 6.61 Å². The van der Waals surface area contributed by atoms with Crippen LogP contribution in [0.15, 0.2) is 46.9 Å². The molecule has 2 rings (SSSR count). The van der Waals surface area contributed by atoms with Gasteiger partial charge in [0.1, 0.15) is 18.2 Å². The number of amides is 1. The summed E-state index contributed by atoms with van der Waals surface area (Å²) in [6.45, 7) is 0.302. The van der Waals surface area contributed by atoms with Crippen molar-refractivity contribution in [1.29, 1.82) is 0 Å². The lowest BCUT2D eigenvalue weighted by atomic mass is 10.1. The quantitative estimate of drug-likeness (QED) is 0.511. The van der Waals surface area contributed by atoms with Gasteiger partial charge in [-0.25, -0.2) is 10.2 Å². The van der Waals surface area contributed by atoms with Gasteiger partial charge >= 0.3 is 0 Å². The van der Waals surface area contributed by atoms with E-state index in [2.05, 4.69) is 21.4 Å². The van der Waals surface area contributed by atoms with Crippen LogP contribution in [0.25, 0.3) is 0 Å². The van der Waals surface area contributed by atoms with Crippen molar-refractivity contribution in [2.75, 3.05) is 0 Å². The molecule has 0 saturated carbocycles. The number of rotatable bonds is 4. The first-order valence-corrected chi connectivity index (χ1v) is 6.57. The van der Waals surface area contributed by atoms with E-state index >= 15 is 0 Å². The van der Waals surface area contributed by atoms with Gasteiger partial charge in [-0.05, 0) is 36.4 Å². The molecule has 0 fully saturated rings. The summed E-state index contributed by atoms with van der Waals surface area (Å²) in [5.41, 5.74) is 3.38. The Bertz CT molecular complexity index is 617. The molecule has 0 atom stereocenters. The molecule has 0 heterocycles. The van der Waals surface area contributed by atoms with E-state index in [-0.39, 0.29) is 11.7 Å². The Morgan fingerprint density at radius 2 is 1.95 bits per heavy atom. The molecule has 0 radical (unpaired) electrons. The van der Waals surface area contributed by atoms with Crippen LogP contribution in [0, 0.1) is 5.82 Å². The van der Waals surface area contributed by atoms with Crippen molar-refractivity contribution in [3.63, 3.8) is 0 Å². The molecule has 20 heavy (non-hydrogen) atoms. The molecule has 2 aromatic carbocycles. The van der Waals surface area contributed by atoms with E-state index in [0.29, 0.717) is 17.9 Å². The smallest absolute Gasteiger partial charge is 0.265 e. The predicted octanol–water partition coefficient (Wildman–Crippen LogP) is 2.77. The van der Waals surface area contributed by atoms with E-state index in [9.17, 15) is 9.18 Å². The summed E-state index contributed by atoms with van der Waals surface area (Å²) in [6, 6.07) is 10.8. The van der Waals surface area contributed by atoms with Crippen molar-refractivity contribution < 1.29 is 13.9 Å². The van der Waals surface area contributed by atoms with Gasteiger partial charge in [0.2, 0.25) is 0 Å². The Balaban J connectivity index is 2.06. The maximum atomic E-state index is 12.8. The summed E-state index contributed by atoms with van der Waals surface area (Å²) in [4.78, 5) is 11.4. The summed E-state index contributed by atoms with van der Waals surface area (Å²) < 4.78 is 19.0. The van der Waals surface area contributed by atoms with Crippen molar-refractivity contribution in [1.82, 2.24) is 5.43 Å². The molecule has 0 spiro atoms. The Morgan fingerprint density at radius 1 is 1.25 bits per heavy atom. The second kappa shape index (κ2) is 6.49. The monoisotopic (exact) mass is 338 g/mol. The van der Waals surface area contributed by atoms with E-state index in [1.807, 2.05) is 0 Å². The van der Waals surface area contributed by atoms with Crippen LogP contribution in [0.4, 0.5) is 4.39 Å². The molecule has 0 aromatic heterocycles. The van der Waals surface area contributed by atoms with E-state index in [1.165, 1.54) is 12.1 Å². The molecule has 4 nitrogen and oxygen atoms in total. The molecule has 0 aliphatic rings. The summed E-state index contributed by atoms with van der Waals surface area (Å²) in [5.74, 6) is 4.97. The van der Waals surface area contributed by atoms with Crippen molar-refractivity contribution in [3.05, 3.63) is 63.9 Å². The Labute approximate surface area is 123 Å². The summed E-state index contributed by atoms with van der Waals surface area (Å²) in [5, 5.41) is 0. The number of nitrogens with two attached hydrogens (primary N) is 1. The minimum Gasteiger partial charge on any atom is -0.489 e.